The maximum absolute atomic E-state index is 14.4. The number of amides is 2. The molecule has 1 aromatic carbocycles. The van der Waals surface area contributed by atoms with Crippen molar-refractivity contribution < 1.29 is 14.0 Å². The van der Waals surface area contributed by atoms with Gasteiger partial charge in [0.15, 0.2) is 0 Å². The van der Waals surface area contributed by atoms with Crippen molar-refractivity contribution in [1.82, 2.24) is 10.2 Å². The Balaban J connectivity index is 1.56. The van der Waals surface area contributed by atoms with Gasteiger partial charge in [0, 0.05) is 37.3 Å². The van der Waals surface area contributed by atoms with Crippen molar-refractivity contribution in [2.24, 2.45) is 0 Å². The van der Waals surface area contributed by atoms with E-state index in [1.165, 1.54) is 6.07 Å². The summed E-state index contributed by atoms with van der Waals surface area (Å²) in [5.74, 6) is -0.938. The summed E-state index contributed by atoms with van der Waals surface area (Å²) >= 11 is 0. The number of hydrogen-bond donors (Lipinski definition) is 2. The van der Waals surface area contributed by atoms with Crippen molar-refractivity contribution in [1.29, 1.82) is 0 Å². The molecule has 2 unspecified atom stereocenters. The Morgan fingerprint density at radius 3 is 2.62 bits per heavy atom. The number of piperidine rings is 1. The fraction of sp³-hybridized carbons (Fsp3) is 0.556. The average Bonchev–Trinajstić information content (AvgIpc) is 2.90. The van der Waals surface area contributed by atoms with Gasteiger partial charge in [-0.25, -0.2) is 4.39 Å². The number of fused-ring (bicyclic) bond motifs is 3. The van der Waals surface area contributed by atoms with Crippen LogP contribution in [-0.2, 0) is 11.2 Å². The van der Waals surface area contributed by atoms with Gasteiger partial charge in [0.2, 0.25) is 5.91 Å². The molecule has 3 aliphatic rings. The fourth-order valence-electron chi connectivity index (χ4n) is 4.27. The molecule has 24 heavy (non-hydrogen) atoms. The summed E-state index contributed by atoms with van der Waals surface area (Å²) < 4.78 is 14.4. The Labute approximate surface area is 140 Å². The van der Waals surface area contributed by atoms with Crippen LogP contribution in [0.4, 0.5) is 10.1 Å². The monoisotopic (exact) mass is 331 g/mol. The normalized spacial score (nSPS) is 28.2. The molecule has 0 spiro atoms. The molecule has 2 saturated heterocycles. The van der Waals surface area contributed by atoms with Gasteiger partial charge in [0.25, 0.3) is 5.91 Å². The quantitative estimate of drug-likeness (QED) is 0.872. The molecule has 2 atom stereocenters. The molecule has 0 aromatic heterocycles. The Kier molecular flexibility index (Phi) is 3.79. The molecule has 2 amide bonds. The first-order chi connectivity index (χ1) is 11.5. The average molecular weight is 331 g/mol. The van der Waals surface area contributed by atoms with Crippen molar-refractivity contribution in [3.63, 3.8) is 0 Å². The van der Waals surface area contributed by atoms with Crippen LogP contribution in [0.5, 0.6) is 0 Å². The SMILES string of the molecule is CN(C(=O)c1cc2c(cc1F)NC(=O)CC2)C1CC2CCC(C1)N2. The Bertz CT molecular complexity index is 694. The lowest BCUT2D eigenvalue weighted by Crippen LogP contribution is -2.48. The van der Waals surface area contributed by atoms with Gasteiger partial charge in [0.05, 0.1) is 5.56 Å². The summed E-state index contributed by atoms with van der Waals surface area (Å²) in [6, 6.07) is 4.00. The van der Waals surface area contributed by atoms with E-state index < -0.39 is 5.82 Å². The van der Waals surface area contributed by atoms with E-state index >= 15 is 0 Å². The molecule has 2 fully saturated rings. The van der Waals surface area contributed by atoms with Crippen LogP contribution in [0.15, 0.2) is 12.1 Å². The molecule has 4 rings (SSSR count). The van der Waals surface area contributed by atoms with E-state index in [2.05, 4.69) is 10.6 Å². The maximum atomic E-state index is 14.4. The first-order valence-corrected chi connectivity index (χ1v) is 8.66. The lowest BCUT2D eigenvalue weighted by molar-refractivity contribution is -0.116. The highest BCUT2D eigenvalue weighted by atomic mass is 19.1. The zero-order valence-electron chi connectivity index (χ0n) is 13.8. The number of benzene rings is 1. The van der Waals surface area contributed by atoms with Crippen LogP contribution in [0.25, 0.3) is 0 Å². The van der Waals surface area contributed by atoms with E-state index in [4.69, 9.17) is 0 Å². The van der Waals surface area contributed by atoms with Gasteiger partial charge in [-0.2, -0.15) is 0 Å². The minimum atomic E-state index is -0.565. The third kappa shape index (κ3) is 2.69. The van der Waals surface area contributed by atoms with E-state index in [1.807, 2.05) is 0 Å². The van der Waals surface area contributed by atoms with E-state index in [1.54, 1.807) is 18.0 Å². The second-order valence-corrected chi connectivity index (χ2v) is 7.22. The van der Waals surface area contributed by atoms with E-state index in [-0.39, 0.29) is 23.4 Å². The highest BCUT2D eigenvalue weighted by Gasteiger charge is 2.37. The number of anilines is 1. The van der Waals surface area contributed by atoms with Crippen molar-refractivity contribution in [3.8, 4) is 0 Å². The van der Waals surface area contributed by atoms with Gasteiger partial charge in [-0.05, 0) is 49.8 Å². The van der Waals surface area contributed by atoms with Crippen molar-refractivity contribution >= 4 is 17.5 Å². The van der Waals surface area contributed by atoms with E-state index in [9.17, 15) is 14.0 Å². The van der Waals surface area contributed by atoms with Gasteiger partial charge in [-0.3, -0.25) is 9.59 Å². The number of halogens is 1. The lowest BCUT2D eigenvalue weighted by atomic mass is 9.96. The number of carbonyl (C=O) groups is 2. The van der Waals surface area contributed by atoms with E-state index in [0.717, 1.165) is 31.2 Å². The molecule has 128 valence electrons. The summed E-state index contributed by atoms with van der Waals surface area (Å²) in [6.45, 7) is 0. The molecule has 0 radical (unpaired) electrons. The number of nitrogens with zero attached hydrogens (tertiary/aromatic N) is 1. The number of aryl methyl sites for hydroxylation is 1. The molecular formula is C18H22FN3O2. The first kappa shape index (κ1) is 15.6. The van der Waals surface area contributed by atoms with Crippen LogP contribution in [-0.4, -0.2) is 41.9 Å². The molecule has 6 heteroatoms. The van der Waals surface area contributed by atoms with Crippen molar-refractivity contribution in [3.05, 3.63) is 29.1 Å². The first-order valence-electron chi connectivity index (χ1n) is 8.66. The van der Waals surface area contributed by atoms with Crippen LogP contribution in [0.3, 0.4) is 0 Å². The minimum absolute atomic E-state index is 0.108. The third-order valence-electron chi connectivity index (χ3n) is 5.64. The van der Waals surface area contributed by atoms with Crippen LogP contribution in [0.1, 0.15) is 48.0 Å². The predicted molar refractivity (Wildman–Crippen MR) is 88.4 cm³/mol. The van der Waals surface area contributed by atoms with Gasteiger partial charge >= 0.3 is 0 Å². The van der Waals surface area contributed by atoms with E-state index in [0.29, 0.717) is 30.6 Å². The molecular weight excluding hydrogens is 309 g/mol. The van der Waals surface area contributed by atoms with Crippen LogP contribution in [0.2, 0.25) is 0 Å². The molecule has 1 aromatic rings. The Morgan fingerprint density at radius 2 is 1.92 bits per heavy atom. The number of rotatable bonds is 2. The molecule has 2 bridgehead atoms. The largest absolute Gasteiger partial charge is 0.339 e. The number of hydrogen-bond acceptors (Lipinski definition) is 3. The van der Waals surface area contributed by atoms with Crippen LogP contribution in [0, 0.1) is 5.82 Å². The van der Waals surface area contributed by atoms with Gasteiger partial charge in [-0.1, -0.05) is 0 Å². The highest BCUT2D eigenvalue weighted by molar-refractivity contribution is 5.98. The lowest BCUT2D eigenvalue weighted by Gasteiger charge is -2.35. The zero-order valence-corrected chi connectivity index (χ0v) is 13.8. The summed E-state index contributed by atoms with van der Waals surface area (Å²) in [5.41, 5.74) is 1.43. The topological polar surface area (TPSA) is 61.4 Å². The summed E-state index contributed by atoms with van der Waals surface area (Å²) in [7, 11) is 1.78. The Morgan fingerprint density at radius 1 is 1.21 bits per heavy atom. The van der Waals surface area contributed by atoms with Gasteiger partial charge in [-0.15, -0.1) is 0 Å². The molecule has 0 saturated carbocycles. The highest BCUT2D eigenvalue weighted by Crippen LogP contribution is 2.31. The summed E-state index contributed by atoms with van der Waals surface area (Å²) in [4.78, 5) is 26.0. The second kappa shape index (κ2) is 5.84. The molecule has 2 N–H and O–H groups in total. The zero-order chi connectivity index (χ0) is 16.8. The summed E-state index contributed by atoms with van der Waals surface area (Å²) in [6.07, 6.45) is 5.11. The molecule has 0 aliphatic carbocycles. The van der Waals surface area contributed by atoms with Gasteiger partial charge in [0.1, 0.15) is 5.82 Å². The Hall–Kier alpha value is -1.95. The van der Waals surface area contributed by atoms with Crippen molar-refractivity contribution in [2.75, 3.05) is 12.4 Å². The van der Waals surface area contributed by atoms with Crippen LogP contribution < -0.4 is 10.6 Å². The second-order valence-electron chi connectivity index (χ2n) is 7.22. The maximum Gasteiger partial charge on any atom is 0.256 e. The van der Waals surface area contributed by atoms with Crippen LogP contribution >= 0.6 is 0 Å². The fourth-order valence-corrected chi connectivity index (χ4v) is 4.27. The minimum Gasteiger partial charge on any atom is -0.339 e. The predicted octanol–water partition coefficient (Wildman–Crippen LogP) is 2.07. The molecule has 3 aliphatic heterocycles. The smallest absolute Gasteiger partial charge is 0.256 e. The molecule has 3 heterocycles. The standard InChI is InChI=1S/C18H22FN3O2/c1-22(13-7-11-3-4-12(8-13)20-11)18(24)14-6-10-2-5-17(23)21-16(10)9-15(14)19/h6,9,11-13,20H,2-5,7-8H2,1H3,(H,21,23). The number of carbonyl (C=O) groups excluding carboxylic acids is 2. The summed E-state index contributed by atoms with van der Waals surface area (Å²) in [5, 5.41) is 6.23. The molecule has 5 nitrogen and oxygen atoms in total. The third-order valence-corrected chi connectivity index (χ3v) is 5.64. The van der Waals surface area contributed by atoms with Gasteiger partial charge < -0.3 is 15.5 Å². The van der Waals surface area contributed by atoms with Crippen molar-refractivity contribution in [2.45, 2.75) is 56.7 Å². The number of nitrogens with one attached hydrogen (secondary N) is 2.